The van der Waals surface area contributed by atoms with Gasteiger partial charge in [-0.1, -0.05) is 44.2 Å². The number of aromatic nitrogens is 2. The SMILES string of the molecule is CN(C)CCn1c(=O)n(C2CCN(CC3CCCCCCC3)CC2)c2ccccc21.Cl.Cl. The van der Waals surface area contributed by atoms with Gasteiger partial charge in [-0.05, 0) is 57.8 Å². The fraction of sp³-hybridized carbons (Fsp3) is 0.720. The van der Waals surface area contributed by atoms with E-state index < -0.39 is 0 Å². The standard InChI is InChI=1S/C25H40N4O.2ClH/c1-26(2)18-19-28-23-12-8-9-13-24(23)29(25(28)30)22-14-16-27(17-15-22)20-21-10-6-4-3-5-7-11-21;;/h8-9,12-13,21-22H,3-7,10-11,14-20H2,1-2H3;2*1H. The van der Waals surface area contributed by atoms with Gasteiger partial charge in [0.2, 0.25) is 0 Å². The summed E-state index contributed by atoms with van der Waals surface area (Å²) in [5.41, 5.74) is 2.37. The molecule has 1 aromatic carbocycles. The van der Waals surface area contributed by atoms with Gasteiger partial charge in [-0.2, -0.15) is 0 Å². The fourth-order valence-corrected chi connectivity index (χ4v) is 5.55. The number of piperidine rings is 1. The van der Waals surface area contributed by atoms with E-state index in [1.807, 2.05) is 4.57 Å². The maximum absolute atomic E-state index is 13.4. The minimum Gasteiger partial charge on any atom is -0.308 e. The van der Waals surface area contributed by atoms with Crippen molar-refractivity contribution in [1.29, 1.82) is 0 Å². The summed E-state index contributed by atoms with van der Waals surface area (Å²) in [6, 6.07) is 8.68. The molecule has 0 atom stereocenters. The molecular formula is C25H42Cl2N4O. The monoisotopic (exact) mass is 484 g/mol. The smallest absolute Gasteiger partial charge is 0.308 e. The average Bonchev–Trinajstić information content (AvgIpc) is 3.00. The topological polar surface area (TPSA) is 33.4 Å². The number of fused-ring (bicyclic) bond motifs is 1. The highest BCUT2D eigenvalue weighted by Crippen LogP contribution is 2.28. The highest BCUT2D eigenvalue weighted by molar-refractivity contribution is 5.85. The van der Waals surface area contributed by atoms with E-state index in [0.29, 0.717) is 6.04 Å². The van der Waals surface area contributed by atoms with Crippen LogP contribution in [-0.2, 0) is 6.54 Å². The van der Waals surface area contributed by atoms with E-state index in [9.17, 15) is 4.79 Å². The zero-order valence-electron chi connectivity index (χ0n) is 19.9. The second-order valence-electron chi connectivity index (χ2n) is 9.84. The first kappa shape index (κ1) is 27.2. The Hall–Kier alpha value is -1.01. The van der Waals surface area contributed by atoms with Crippen molar-refractivity contribution in [1.82, 2.24) is 18.9 Å². The average molecular weight is 486 g/mol. The molecule has 1 saturated carbocycles. The van der Waals surface area contributed by atoms with Gasteiger partial charge in [-0.15, -0.1) is 24.8 Å². The van der Waals surface area contributed by atoms with Crippen LogP contribution in [0.25, 0.3) is 11.0 Å². The molecule has 5 nitrogen and oxygen atoms in total. The maximum Gasteiger partial charge on any atom is 0.329 e. The Kier molecular flexibility index (Phi) is 11.1. The molecule has 2 fully saturated rings. The maximum atomic E-state index is 13.4. The van der Waals surface area contributed by atoms with Crippen LogP contribution in [0.1, 0.15) is 63.8 Å². The molecule has 0 radical (unpaired) electrons. The number of hydrogen-bond donors (Lipinski definition) is 0. The van der Waals surface area contributed by atoms with E-state index in [4.69, 9.17) is 0 Å². The lowest BCUT2D eigenvalue weighted by molar-refractivity contribution is 0.151. The highest BCUT2D eigenvalue weighted by atomic mass is 35.5. The number of imidazole rings is 1. The molecule has 182 valence electrons. The van der Waals surface area contributed by atoms with Crippen molar-refractivity contribution in [3.05, 3.63) is 34.7 Å². The van der Waals surface area contributed by atoms with Crippen molar-refractivity contribution in [2.45, 2.75) is 70.4 Å². The minimum absolute atomic E-state index is 0. The molecule has 1 aliphatic heterocycles. The van der Waals surface area contributed by atoms with Crippen LogP contribution in [-0.4, -0.2) is 59.2 Å². The predicted octanol–water partition coefficient (Wildman–Crippen LogP) is 5.21. The number of para-hydroxylation sites is 2. The quantitative estimate of drug-likeness (QED) is 0.564. The van der Waals surface area contributed by atoms with Gasteiger partial charge in [0.05, 0.1) is 11.0 Å². The van der Waals surface area contributed by atoms with E-state index in [-0.39, 0.29) is 30.5 Å². The molecule has 1 aromatic heterocycles. The van der Waals surface area contributed by atoms with Crippen molar-refractivity contribution in [2.75, 3.05) is 40.3 Å². The number of benzene rings is 1. The molecule has 0 amide bonds. The highest BCUT2D eigenvalue weighted by Gasteiger charge is 2.26. The molecule has 2 aromatic rings. The van der Waals surface area contributed by atoms with Crippen LogP contribution >= 0.6 is 24.8 Å². The van der Waals surface area contributed by atoms with Crippen LogP contribution in [0.3, 0.4) is 0 Å². The number of rotatable bonds is 6. The van der Waals surface area contributed by atoms with Gasteiger partial charge in [-0.3, -0.25) is 9.13 Å². The zero-order chi connectivity index (χ0) is 20.9. The third-order valence-electron chi connectivity index (χ3n) is 7.30. The Labute approximate surface area is 206 Å². The third kappa shape index (κ3) is 6.53. The van der Waals surface area contributed by atoms with Crippen LogP contribution in [0, 0.1) is 5.92 Å². The number of nitrogens with zero attached hydrogens (tertiary/aromatic N) is 4. The van der Waals surface area contributed by atoms with Crippen LogP contribution < -0.4 is 5.69 Å². The summed E-state index contributed by atoms with van der Waals surface area (Å²) < 4.78 is 4.09. The van der Waals surface area contributed by atoms with Crippen molar-refractivity contribution >= 4 is 35.8 Å². The molecule has 0 unspecified atom stereocenters. The lowest BCUT2D eigenvalue weighted by atomic mass is 9.90. The molecule has 2 aliphatic rings. The number of likely N-dealkylation sites (tertiary alicyclic amines) is 1. The number of hydrogen-bond acceptors (Lipinski definition) is 3. The first-order valence-electron chi connectivity index (χ1n) is 12.2. The molecular weight excluding hydrogens is 443 g/mol. The summed E-state index contributed by atoms with van der Waals surface area (Å²) in [5, 5.41) is 0. The largest absolute Gasteiger partial charge is 0.329 e. The van der Waals surface area contributed by atoms with Crippen LogP contribution in [0.4, 0.5) is 0 Å². The molecule has 4 rings (SSSR count). The van der Waals surface area contributed by atoms with E-state index in [1.165, 1.54) is 51.5 Å². The van der Waals surface area contributed by atoms with Crippen LogP contribution in [0.15, 0.2) is 29.1 Å². The summed E-state index contributed by atoms with van der Waals surface area (Å²) in [6.07, 6.45) is 12.2. The molecule has 0 bridgehead atoms. The fourth-order valence-electron chi connectivity index (χ4n) is 5.55. The lowest BCUT2D eigenvalue weighted by Crippen LogP contribution is -2.40. The lowest BCUT2D eigenvalue weighted by Gasteiger charge is -2.35. The minimum atomic E-state index is 0. The van der Waals surface area contributed by atoms with E-state index in [0.717, 1.165) is 56.0 Å². The van der Waals surface area contributed by atoms with Crippen LogP contribution in [0.5, 0.6) is 0 Å². The normalized spacial score (nSPS) is 19.3. The summed E-state index contributed by atoms with van der Waals surface area (Å²) in [6.45, 7) is 5.16. The summed E-state index contributed by atoms with van der Waals surface area (Å²) >= 11 is 0. The van der Waals surface area contributed by atoms with Crippen molar-refractivity contribution in [3.63, 3.8) is 0 Å². The van der Waals surface area contributed by atoms with Gasteiger partial charge in [0.1, 0.15) is 0 Å². The molecule has 1 aliphatic carbocycles. The summed E-state index contributed by atoms with van der Waals surface area (Å²) in [5.74, 6) is 0.887. The predicted molar refractivity (Wildman–Crippen MR) is 140 cm³/mol. The number of likely N-dealkylation sites (N-methyl/N-ethyl adjacent to an activating group) is 1. The Balaban J connectivity index is 0.00000181. The first-order valence-corrected chi connectivity index (χ1v) is 12.2. The third-order valence-corrected chi connectivity index (χ3v) is 7.30. The van der Waals surface area contributed by atoms with Gasteiger partial charge in [0.15, 0.2) is 0 Å². The second-order valence-corrected chi connectivity index (χ2v) is 9.84. The van der Waals surface area contributed by atoms with E-state index >= 15 is 0 Å². The van der Waals surface area contributed by atoms with Crippen molar-refractivity contribution in [3.8, 4) is 0 Å². The molecule has 2 heterocycles. The molecule has 1 saturated heterocycles. The molecule has 32 heavy (non-hydrogen) atoms. The zero-order valence-corrected chi connectivity index (χ0v) is 21.5. The Bertz CT molecular complexity index is 862. The molecule has 0 N–H and O–H groups in total. The van der Waals surface area contributed by atoms with Gasteiger partial charge in [-0.25, -0.2) is 4.79 Å². The Morgan fingerprint density at radius 1 is 0.875 bits per heavy atom. The van der Waals surface area contributed by atoms with Crippen LogP contribution in [0.2, 0.25) is 0 Å². The summed E-state index contributed by atoms with van der Waals surface area (Å²) in [4.78, 5) is 18.2. The second kappa shape index (κ2) is 13.0. The summed E-state index contributed by atoms with van der Waals surface area (Å²) in [7, 11) is 4.13. The van der Waals surface area contributed by atoms with Gasteiger partial charge >= 0.3 is 5.69 Å². The van der Waals surface area contributed by atoms with E-state index in [2.05, 4.69) is 52.7 Å². The van der Waals surface area contributed by atoms with Crippen molar-refractivity contribution < 1.29 is 0 Å². The van der Waals surface area contributed by atoms with Gasteiger partial charge in [0.25, 0.3) is 0 Å². The van der Waals surface area contributed by atoms with Crippen molar-refractivity contribution in [2.24, 2.45) is 5.92 Å². The number of halogens is 2. The molecule has 0 spiro atoms. The Morgan fingerprint density at radius 2 is 1.47 bits per heavy atom. The van der Waals surface area contributed by atoms with Gasteiger partial charge < -0.3 is 9.80 Å². The first-order chi connectivity index (χ1) is 14.6. The molecule has 7 heteroatoms. The van der Waals surface area contributed by atoms with E-state index in [1.54, 1.807) is 0 Å². The van der Waals surface area contributed by atoms with Gasteiger partial charge in [0, 0.05) is 38.8 Å². The Morgan fingerprint density at radius 3 is 2.09 bits per heavy atom.